The number of aliphatic carboxylic acids is 1. The molecular weight excluding hydrogens is 430 g/mol. The van der Waals surface area contributed by atoms with Gasteiger partial charge in [0.2, 0.25) is 17.7 Å². The highest BCUT2D eigenvalue weighted by Crippen LogP contribution is 2.09. The van der Waals surface area contributed by atoms with Crippen LogP contribution in [-0.4, -0.2) is 59.5 Å². The molecule has 0 radical (unpaired) electrons. The van der Waals surface area contributed by atoms with Crippen LogP contribution in [0.1, 0.15) is 51.4 Å². The maximum Gasteiger partial charge on any atom is 0.338 e. The number of carboxylic acids is 1. The van der Waals surface area contributed by atoms with Crippen molar-refractivity contribution in [3.05, 3.63) is 35.9 Å². The Morgan fingerprint density at radius 1 is 0.879 bits per heavy atom. The molecule has 0 aliphatic carbocycles. The van der Waals surface area contributed by atoms with E-state index >= 15 is 0 Å². The van der Waals surface area contributed by atoms with Crippen molar-refractivity contribution in [1.82, 2.24) is 16.0 Å². The number of hydrogen-bond donors (Lipinski definition) is 4. The van der Waals surface area contributed by atoms with Gasteiger partial charge in [0.1, 0.15) is 24.7 Å². The Morgan fingerprint density at radius 2 is 1.45 bits per heavy atom. The Bertz CT molecular complexity index is 840. The van der Waals surface area contributed by atoms with E-state index in [1.165, 1.54) is 6.92 Å². The zero-order chi connectivity index (χ0) is 25.1. The highest BCUT2D eigenvalue weighted by molar-refractivity contribution is 5.94. The van der Waals surface area contributed by atoms with Crippen molar-refractivity contribution >= 4 is 29.7 Å². The molecule has 0 saturated heterocycles. The molecule has 0 unspecified atom stereocenters. The minimum absolute atomic E-state index is 0.00139. The molecule has 3 amide bonds. The van der Waals surface area contributed by atoms with Crippen LogP contribution in [0.25, 0.3) is 0 Å². The fourth-order valence-corrected chi connectivity index (χ4v) is 2.99. The summed E-state index contributed by atoms with van der Waals surface area (Å²) < 4.78 is 5.17. The molecule has 10 heteroatoms. The molecule has 0 aromatic heterocycles. The Kier molecular flexibility index (Phi) is 11.0. The van der Waals surface area contributed by atoms with E-state index in [1.807, 2.05) is 13.8 Å². The maximum atomic E-state index is 12.9. The van der Waals surface area contributed by atoms with E-state index in [1.54, 1.807) is 44.2 Å². The Hall–Kier alpha value is -3.43. The Morgan fingerprint density at radius 3 is 1.94 bits per heavy atom. The van der Waals surface area contributed by atoms with E-state index < -0.39 is 54.4 Å². The van der Waals surface area contributed by atoms with Gasteiger partial charge >= 0.3 is 11.9 Å². The third-order valence-corrected chi connectivity index (χ3v) is 4.66. The fourth-order valence-electron chi connectivity index (χ4n) is 2.99. The van der Waals surface area contributed by atoms with E-state index in [0.29, 0.717) is 0 Å². The lowest BCUT2D eigenvalue weighted by molar-refractivity contribution is -0.143. The lowest BCUT2D eigenvalue weighted by atomic mass is 10.00. The molecule has 1 rings (SSSR count). The standard InChI is InChI=1S/C23H33N3O7/c1-13(2)11-17(20(28)26-19(14(3)4)22(30)31)25-21(29)18(24-15(5)27)12-33-23(32)16-9-7-6-8-10-16/h6-10,13-14,17-19H,11-12H2,1-5H3,(H,24,27)(H,25,29)(H,26,28)(H,30,31)/t17-,18-,19-/m0/s1. The van der Waals surface area contributed by atoms with Crippen molar-refractivity contribution in [3.8, 4) is 0 Å². The minimum Gasteiger partial charge on any atom is -0.480 e. The third-order valence-electron chi connectivity index (χ3n) is 4.66. The summed E-state index contributed by atoms with van der Waals surface area (Å²) in [6.45, 7) is 7.76. The third kappa shape index (κ3) is 9.71. The zero-order valence-corrected chi connectivity index (χ0v) is 19.6. The number of carbonyl (C=O) groups excluding carboxylic acids is 4. The van der Waals surface area contributed by atoms with Crippen LogP contribution in [0, 0.1) is 11.8 Å². The van der Waals surface area contributed by atoms with Gasteiger partial charge in [-0.2, -0.15) is 0 Å². The van der Waals surface area contributed by atoms with Gasteiger partial charge in [-0.3, -0.25) is 14.4 Å². The molecule has 182 valence electrons. The van der Waals surface area contributed by atoms with Crippen LogP contribution in [0.5, 0.6) is 0 Å². The summed E-state index contributed by atoms with van der Waals surface area (Å²) in [7, 11) is 0. The largest absolute Gasteiger partial charge is 0.480 e. The average Bonchev–Trinajstić information content (AvgIpc) is 2.73. The van der Waals surface area contributed by atoms with Crippen LogP contribution in [0.15, 0.2) is 30.3 Å². The predicted octanol–water partition coefficient (Wildman–Crippen LogP) is 1.10. The van der Waals surface area contributed by atoms with Gasteiger partial charge in [-0.25, -0.2) is 9.59 Å². The number of esters is 1. The monoisotopic (exact) mass is 463 g/mol. The topological polar surface area (TPSA) is 151 Å². The summed E-state index contributed by atoms with van der Waals surface area (Å²) in [4.78, 5) is 60.9. The first kappa shape index (κ1) is 27.6. The molecule has 33 heavy (non-hydrogen) atoms. The second kappa shape index (κ2) is 13.2. The molecule has 0 heterocycles. The summed E-state index contributed by atoms with van der Waals surface area (Å²) in [5.41, 5.74) is 0.282. The number of benzene rings is 1. The molecule has 0 fully saturated rings. The van der Waals surface area contributed by atoms with Gasteiger partial charge in [-0.15, -0.1) is 0 Å². The van der Waals surface area contributed by atoms with E-state index in [4.69, 9.17) is 4.74 Å². The molecule has 0 bridgehead atoms. The molecule has 0 aliphatic rings. The second-order valence-electron chi connectivity index (χ2n) is 8.48. The number of hydrogen-bond acceptors (Lipinski definition) is 6. The van der Waals surface area contributed by atoms with Gasteiger partial charge in [-0.1, -0.05) is 45.9 Å². The van der Waals surface area contributed by atoms with Gasteiger partial charge in [0.25, 0.3) is 0 Å². The molecule has 3 atom stereocenters. The highest BCUT2D eigenvalue weighted by atomic mass is 16.5. The molecule has 1 aromatic carbocycles. The quantitative estimate of drug-likeness (QED) is 0.339. The van der Waals surface area contributed by atoms with Crippen molar-refractivity contribution in [2.24, 2.45) is 11.8 Å². The van der Waals surface area contributed by atoms with Crippen molar-refractivity contribution in [1.29, 1.82) is 0 Å². The van der Waals surface area contributed by atoms with E-state index in [0.717, 1.165) is 0 Å². The first-order valence-electron chi connectivity index (χ1n) is 10.7. The van der Waals surface area contributed by atoms with Crippen LogP contribution < -0.4 is 16.0 Å². The number of carboxylic acid groups (broad SMARTS) is 1. The normalized spacial score (nSPS) is 13.5. The van der Waals surface area contributed by atoms with Crippen LogP contribution in [0.2, 0.25) is 0 Å². The predicted molar refractivity (Wildman–Crippen MR) is 120 cm³/mol. The molecular formula is C23H33N3O7. The summed E-state index contributed by atoms with van der Waals surface area (Å²) in [5, 5.41) is 16.8. The first-order chi connectivity index (χ1) is 15.4. The van der Waals surface area contributed by atoms with Crippen molar-refractivity contribution < 1.29 is 33.8 Å². The summed E-state index contributed by atoms with van der Waals surface area (Å²) in [6, 6.07) is 4.74. The summed E-state index contributed by atoms with van der Waals surface area (Å²) in [5.74, 6) is -4.14. The number of amides is 3. The molecule has 4 N–H and O–H groups in total. The maximum absolute atomic E-state index is 12.9. The van der Waals surface area contributed by atoms with Crippen molar-refractivity contribution in [2.45, 2.75) is 59.2 Å². The summed E-state index contributed by atoms with van der Waals surface area (Å²) >= 11 is 0. The lowest BCUT2D eigenvalue weighted by Crippen LogP contribution is -2.57. The number of nitrogens with one attached hydrogen (secondary N) is 3. The SMILES string of the molecule is CC(=O)N[C@@H](COC(=O)c1ccccc1)C(=O)N[C@@H](CC(C)C)C(=O)N[C@H](C(=O)O)C(C)C. The van der Waals surface area contributed by atoms with Gasteiger partial charge in [0.05, 0.1) is 5.56 Å². The Balaban J connectivity index is 2.93. The van der Waals surface area contributed by atoms with Crippen LogP contribution >= 0.6 is 0 Å². The molecule has 0 saturated carbocycles. The number of carbonyl (C=O) groups is 5. The Labute approximate surface area is 193 Å². The number of rotatable bonds is 12. The summed E-state index contributed by atoms with van der Waals surface area (Å²) in [6.07, 6.45) is 0.235. The van der Waals surface area contributed by atoms with E-state index in [9.17, 15) is 29.1 Å². The van der Waals surface area contributed by atoms with Gasteiger partial charge < -0.3 is 25.8 Å². The average molecular weight is 464 g/mol. The molecule has 0 aliphatic heterocycles. The van der Waals surface area contributed by atoms with Gasteiger partial charge in [-0.05, 0) is 30.4 Å². The molecule has 10 nitrogen and oxygen atoms in total. The lowest BCUT2D eigenvalue weighted by Gasteiger charge is -2.26. The second-order valence-corrected chi connectivity index (χ2v) is 8.48. The molecule has 1 aromatic rings. The smallest absolute Gasteiger partial charge is 0.338 e. The minimum atomic E-state index is -1.24. The van der Waals surface area contributed by atoms with Crippen molar-refractivity contribution in [3.63, 3.8) is 0 Å². The fraction of sp³-hybridized carbons (Fsp3) is 0.522. The highest BCUT2D eigenvalue weighted by Gasteiger charge is 2.31. The zero-order valence-electron chi connectivity index (χ0n) is 19.6. The van der Waals surface area contributed by atoms with Gasteiger partial charge in [0.15, 0.2) is 0 Å². The van der Waals surface area contributed by atoms with Crippen LogP contribution in [0.3, 0.4) is 0 Å². The number of ether oxygens (including phenoxy) is 1. The van der Waals surface area contributed by atoms with Crippen LogP contribution in [-0.2, 0) is 23.9 Å². The van der Waals surface area contributed by atoms with Crippen LogP contribution in [0.4, 0.5) is 0 Å². The van der Waals surface area contributed by atoms with Gasteiger partial charge in [0, 0.05) is 6.92 Å². The van der Waals surface area contributed by atoms with E-state index in [-0.39, 0.29) is 23.8 Å². The van der Waals surface area contributed by atoms with Crippen molar-refractivity contribution in [2.75, 3.05) is 6.61 Å². The molecule has 0 spiro atoms. The first-order valence-corrected chi connectivity index (χ1v) is 10.7. The van der Waals surface area contributed by atoms with E-state index in [2.05, 4.69) is 16.0 Å².